The van der Waals surface area contributed by atoms with Crippen molar-refractivity contribution in [2.45, 2.75) is 30.6 Å². The third kappa shape index (κ3) is 4.46. The van der Waals surface area contributed by atoms with E-state index in [0.29, 0.717) is 41.6 Å². The molecule has 1 N–H and O–H groups in total. The molecule has 0 spiro atoms. The van der Waals surface area contributed by atoms with Crippen molar-refractivity contribution in [1.29, 1.82) is 5.26 Å². The Morgan fingerprint density at radius 1 is 1.03 bits per heavy atom. The van der Waals surface area contributed by atoms with Crippen molar-refractivity contribution in [3.63, 3.8) is 0 Å². The molecule has 1 fully saturated rings. The van der Waals surface area contributed by atoms with E-state index >= 15 is 0 Å². The molecular formula is C25H26N4O3S2. The lowest BCUT2D eigenvalue weighted by molar-refractivity contribution is -0.117. The van der Waals surface area contributed by atoms with E-state index in [1.807, 2.05) is 35.2 Å². The van der Waals surface area contributed by atoms with E-state index in [0.717, 1.165) is 42.0 Å². The number of hydrogen-bond donors (Lipinski definition) is 1. The summed E-state index contributed by atoms with van der Waals surface area (Å²) in [6, 6.07) is 15.2. The van der Waals surface area contributed by atoms with Crippen LogP contribution in [0.3, 0.4) is 0 Å². The van der Waals surface area contributed by atoms with Crippen LogP contribution in [0.25, 0.3) is 10.8 Å². The first kappa shape index (κ1) is 23.0. The van der Waals surface area contributed by atoms with Crippen molar-refractivity contribution < 1.29 is 13.2 Å². The Morgan fingerprint density at radius 2 is 1.76 bits per heavy atom. The molecule has 0 radical (unpaired) electrons. The second kappa shape index (κ2) is 9.47. The Morgan fingerprint density at radius 3 is 2.53 bits per heavy atom. The van der Waals surface area contributed by atoms with Gasteiger partial charge >= 0.3 is 0 Å². The van der Waals surface area contributed by atoms with Gasteiger partial charge in [-0.2, -0.15) is 9.57 Å². The number of thiophene rings is 1. The molecule has 2 aromatic carbocycles. The van der Waals surface area contributed by atoms with Crippen LogP contribution in [0.2, 0.25) is 0 Å². The molecule has 176 valence electrons. The van der Waals surface area contributed by atoms with Crippen LogP contribution in [-0.4, -0.2) is 56.3 Å². The number of hydrogen-bond acceptors (Lipinski definition) is 6. The fraction of sp³-hybridized carbons (Fsp3) is 0.360. The summed E-state index contributed by atoms with van der Waals surface area (Å²) in [5.74, 6) is -0.166. The molecule has 1 aromatic heterocycles. The van der Waals surface area contributed by atoms with E-state index in [1.165, 1.54) is 20.5 Å². The molecule has 1 aliphatic heterocycles. The first-order valence-electron chi connectivity index (χ1n) is 11.5. The van der Waals surface area contributed by atoms with Crippen molar-refractivity contribution >= 4 is 43.0 Å². The van der Waals surface area contributed by atoms with Crippen molar-refractivity contribution in [3.05, 3.63) is 58.5 Å². The molecule has 0 atom stereocenters. The first-order chi connectivity index (χ1) is 16.5. The molecule has 1 aliphatic carbocycles. The van der Waals surface area contributed by atoms with Crippen molar-refractivity contribution in [3.8, 4) is 6.07 Å². The van der Waals surface area contributed by atoms with Crippen LogP contribution in [0.5, 0.6) is 0 Å². The summed E-state index contributed by atoms with van der Waals surface area (Å²) >= 11 is 1.52. The van der Waals surface area contributed by atoms with Gasteiger partial charge in [-0.3, -0.25) is 9.69 Å². The number of carbonyl (C=O) groups excluding carboxylic acids is 1. The first-order valence-corrected chi connectivity index (χ1v) is 13.8. The summed E-state index contributed by atoms with van der Waals surface area (Å²) in [5, 5.41) is 15.1. The van der Waals surface area contributed by atoms with Gasteiger partial charge in [0.25, 0.3) is 0 Å². The number of nitriles is 1. The van der Waals surface area contributed by atoms with E-state index in [-0.39, 0.29) is 12.5 Å². The predicted molar refractivity (Wildman–Crippen MR) is 133 cm³/mol. The maximum atomic E-state index is 13.2. The molecule has 1 amide bonds. The van der Waals surface area contributed by atoms with Gasteiger partial charge in [0.05, 0.1) is 17.0 Å². The number of amides is 1. The highest BCUT2D eigenvalue weighted by Crippen LogP contribution is 2.37. The normalized spacial score (nSPS) is 17.3. The number of anilines is 1. The molecule has 0 unspecified atom stereocenters. The summed E-state index contributed by atoms with van der Waals surface area (Å²) in [4.78, 5) is 16.2. The van der Waals surface area contributed by atoms with Gasteiger partial charge in [-0.1, -0.05) is 30.3 Å². The standard InChI is InChI=1S/C25H26N4O3S2/c26-16-22-21-7-3-4-8-23(21)33-25(22)27-24(30)17-28-11-13-29(14-12-28)34(31,32)20-10-9-18-5-1-2-6-19(18)15-20/h1-2,5-6,9-10,15H,3-4,7-8,11-14,17H2,(H,27,30). The maximum absolute atomic E-state index is 13.2. The molecule has 9 heteroatoms. The number of nitrogens with one attached hydrogen (secondary N) is 1. The number of benzene rings is 2. The number of piperazine rings is 1. The smallest absolute Gasteiger partial charge is 0.243 e. The number of nitrogens with zero attached hydrogens (tertiary/aromatic N) is 3. The minimum absolute atomic E-state index is 0.166. The van der Waals surface area contributed by atoms with Crippen LogP contribution in [0.15, 0.2) is 47.4 Å². The van der Waals surface area contributed by atoms with Crippen LogP contribution >= 0.6 is 11.3 Å². The lowest BCUT2D eigenvalue weighted by Gasteiger charge is -2.33. The van der Waals surface area contributed by atoms with E-state index < -0.39 is 10.0 Å². The number of sulfonamides is 1. The Bertz CT molecular complexity index is 1380. The molecule has 1 saturated heterocycles. The van der Waals surface area contributed by atoms with Crippen LogP contribution in [0, 0.1) is 11.3 Å². The van der Waals surface area contributed by atoms with Gasteiger partial charge in [-0.25, -0.2) is 8.42 Å². The number of aryl methyl sites for hydroxylation is 1. The quantitative estimate of drug-likeness (QED) is 0.585. The van der Waals surface area contributed by atoms with Gasteiger partial charge in [0.2, 0.25) is 15.9 Å². The number of carbonyl (C=O) groups is 1. The lowest BCUT2D eigenvalue weighted by atomic mass is 9.96. The molecular weight excluding hydrogens is 468 g/mol. The average Bonchev–Trinajstić information content (AvgIpc) is 3.20. The van der Waals surface area contributed by atoms with E-state index in [9.17, 15) is 18.5 Å². The zero-order valence-corrected chi connectivity index (χ0v) is 20.4. The Labute approximate surface area is 203 Å². The largest absolute Gasteiger partial charge is 0.315 e. The second-order valence-electron chi connectivity index (χ2n) is 8.76. The van der Waals surface area contributed by atoms with Crippen LogP contribution in [0.1, 0.15) is 28.8 Å². The van der Waals surface area contributed by atoms with Crippen molar-refractivity contribution in [2.24, 2.45) is 0 Å². The van der Waals surface area contributed by atoms with E-state index in [4.69, 9.17) is 0 Å². The molecule has 5 rings (SSSR count). The van der Waals surface area contributed by atoms with Gasteiger partial charge in [0.1, 0.15) is 11.1 Å². The van der Waals surface area contributed by atoms with Gasteiger partial charge in [-0.05, 0) is 54.2 Å². The summed E-state index contributed by atoms with van der Waals surface area (Å²) in [6.07, 6.45) is 4.08. The van der Waals surface area contributed by atoms with Gasteiger partial charge < -0.3 is 5.32 Å². The highest BCUT2D eigenvalue weighted by Gasteiger charge is 2.29. The molecule has 0 bridgehead atoms. The molecule has 3 aromatic rings. The molecule has 7 nitrogen and oxygen atoms in total. The summed E-state index contributed by atoms with van der Waals surface area (Å²) in [7, 11) is -3.59. The second-order valence-corrected chi connectivity index (χ2v) is 11.8. The monoisotopic (exact) mass is 494 g/mol. The average molecular weight is 495 g/mol. The van der Waals surface area contributed by atoms with Gasteiger partial charge in [0.15, 0.2) is 0 Å². The van der Waals surface area contributed by atoms with E-state index in [2.05, 4.69) is 11.4 Å². The Balaban J connectivity index is 1.20. The number of fused-ring (bicyclic) bond motifs is 2. The lowest BCUT2D eigenvalue weighted by Crippen LogP contribution is -2.50. The van der Waals surface area contributed by atoms with Crippen LogP contribution in [-0.2, 0) is 27.7 Å². The minimum atomic E-state index is -3.59. The minimum Gasteiger partial charge on any atom is -0.315 e. The van der Waals surface area contributed by atoms with E-state index in [1.54, 1.807) is 12.1 Å². The summed E-state index contributed by atoms with van der Waals surface area (Å²) in [5.41, 5.74) is 1.71. The maximum Gasteiger partial charge on any atom is 0.243 e. The third-order valence-electron chi connectivity index (χ3n) is 6.59. The highest BCUT2D eigenvalue weighted by molar-refractivity contribution is 7.89. The van der Waals surface area contributed by atoms with Crippen molar-refractivity contribution in [1.82, 2.24) is 9.21 Å². The molecule has 0 saturated carbocycles. The van der Waals surface area contributed by atoms with Crippen LogP contribution in [0.4, 0.5) is 5.00 Å². The fourth-order valence-electron chi connectivity index (χ4n) is 4.75. The SMILES string of the molecule is N#Cc1c(NC(=O)CN2CCN(S(=O)(=O)c3ccc4ccccc4c3)CC2)sc2c1CCCC2. The van der Waals surface area contributed by atoms with Gasteiger partial charge in [0, 0.05) is 31.1 Å². The summed E-state index contributed by atoms with van der Waals surface area (Å²) < 4.78 is 27.8. The van der Waals surface area contributed by atoms with Gasteiger partial charge in [-0.15, -0.1) is 11.3 Å². The molecule has 2 aliphatic rings. The third-order valence-corrected chi connectivity index (χ3v) is 9.70. The molecule has 2 heterocycles. The topological polar surface area (TPSA) is 93.5 Å². The molecule has 34 heavy (non-hydrogen) atoms. The highest BCUT2D eigenvalue weighted by atomic mass is 32.2. The number of rotatable bonds is 5. The Kier molecular flexibility index (Phi) is 6.40. The summed E-state index contributed by atoms with van der Waals surface area (Å²) in [6.45, 7) is 1.80. The predicted octanol–water partition coefficient (Wildman–Crippen LogP) is 3.60. The zero-order valence-electron chi connectivity index (χ0n) is 18.8. The fourth-order valence-corrected chi connectivity index (χ4v) is 7.46. The zero-order chi connectivity index (χ0) is 23.7. The van der Waals surface area contributed by atoms with Crippen LogP contribution < -0.4 is 5.32 Å². The van der Waals surface area contributed by atoms with Crippen molar-refractivity contribution in [2.75, 3.05) is 38.0 Å². The Hall–Kier alpha value is -2.77.